The zero-order valence-electron chi connectivity index (χ0n) is 23.4. The molecule has 13 heteroatoms. The van der Waals surface area contributed by atoms with Crippen LogP contribution in [-0.2, 0) is 21.0 Å². The van der Waals surface area contributed by atoms with Gasteiger partial charge in [-0.25, -0.2) is 12.7 Å². The number of hydrogen-bond donors (Lipinski definition) is 0. The number of carbonyl (C=O) groups is 2. The van der Waals surface area contributed by atoms with Crippen molar-refractivity contribution in [2.45, 2.75) is 30.5 Å². The van der Waals surface area contributed by atoms with Crippen LogP contribution in [0.4, 0.5) is 24.5 Å². The van der Waals surface area contributed by atoms with E-state index in [1.807, 2.05) is 0 Å². The Morgan fingerprint density at radius 1 is 0.864 bits per heavy atom. The van der Waals surface area contributed by atoms with Crippen LogP contribution in [-0.4, -0.2) is 36.5 Å². The maximum absolute atomic E-state index is 14.0. The highest BCUT2D eigenvalue weighted by Crippen LogP contribution is 2.36. The third kappa shape index (κ3) is 6.94. The number of anilines is 1. The first kappa shape index (κ1) is 31.9. The zero-order valence-corrected chi connectivity index (χ0v) is 24.2. The molecule has 4 rings (SSSR count). The monoisotopic (exact) mass is 625 g/mol. The van der Waals surface area contributed by atoms with Gasteiger partial charge in [-0.3, -0.25) is 19.7 Å². The molecule has 0 saturated carbocycles. The Kier molecular flexibility index (Phi) is 9.19. The first-order valence-electron chi connectivity index (χ1n) is 13.1. The zero-order chi connectivity index (χ0) is 32.2. The summed E-state index contributed by atoms with van der Waals surface area (Å²) >= 11 is 0. The Hall–Kier alpha value is -5.04. The van der Waals surface area contributed by atoms with Crippen molar-refractivity contribution in [3.63, 3.8) is 0 Å². The number of alkyl halides is 3. The summed E-state index contributed by atoms with van der Waals surface area (Å²) in [4.78, 5) is 39.2. The second-order valence-electron chi connectivity index (χ2n) is 9.83. The lowest BCUT2D eigenvalue weighted by Crippen LogP contribution is -2.40. The fourth-order valence-corrected chi connectivity index (χ4v) is 5.58. The Balaban J connectivity index is 1.84. The standard InChI is InChI=1S/C31H26F3N3O6S/c1-21-8-18-27(19-9-21)44(42,43)35(2)29(38)20-28(22-10-14-26(15-11-22)37(40)41)36(30(39)23-6-4-3-5-7-23)25-16-12-24(13-17-25)31(32,33)34/h3-19,28H,20H2,1-2H3/t28-/m1/s1. The third-order valence-electron chi connectivity index (χ3n) is 6.91. The summed E-state index contributed by atoms with van der Waals surface area (Å²) in [6.07, 6.45) is -5.30. The maximum atomic E-state index is 14.0. The number of nitrogens with zero attached hydrogens (tertiary/aromatic N) is 3. The molecule has 0 radical (unpaired) electrons. The number of halogens is 3. The van der Waals surface area contributed by atoms with Crippen LogP contribution in [0.1, 0.15) is 39.5 Å². The van der Waals surface area contributed by atoms with E-state index in [0.29, 0.717) is 4.31 Å². The van der Waals surface area contributed by atoms with Crippen molar-refractivity contribution in [2.75, 3.05) is 11.9 Å². The van der Waals surface area contributed by atoms with Crippen molar-refractivity contribution in [1.29, 1.82) is 0 Å². The molecule has 2 amide bonds. The van der Waals surface area contributed by atoms with Crippen LogP contribution in [0.2, 0.25) is 0 Å². The average Bonchev–Trinajstić information content (AvgIpc) is 3.00. The van der Waals surface area contributed by atoms with E-state index in [2.05, 4.69) is 0 Å². The van der Waals surface area contributed by atoms with Gasteiger partial charge in [-0.05, 0) is 61.0 Å². The van der Waals surface area contributed by atoms with Crippen molar-refractivity contribution in [3.05, 3.63) is 135 Å². The third-order valence-corrected chi connectivity index (χ3v) is 8.70. The van der Waals surface area contributed by atoms with Gasteiger partial charge in [0.1, 0.15) is 0 Å². The number of nitro groups is 1. The predicted octanol–water partition coefficient (Wildman–Crippen LogP) is 6.55. The fraction of sp³-hybridized carbons (Fsp3) is 0.161. The van der Waals surface area contributed by atoms with E-state index in [0.717, 1.165) is 53.9 Å². The number of non-ortho nitro benzene ring substituents is 1. The highest BCUT2D eigenvalue weighted by Gasteiger charge is 2.35. The minimum Gasteiger partial charge on any atom is -0.300 e. The SMILES string of the molecule is Cc1ccc(S(=O)(=O)N(C)C(=O)C[C@H](c2ccc([N+](=O)[O-])cc2)N(C(=O)c2ccccc2)c2ccc(C(F)(F)F)cc2)cc1. The summed E-state index contributed by atoms with van der Waals surface area (Å²) in [5.74, 6) is -1.64. The highest BCUT2D eigenvalue weighted by atomic mass is 32.2. The number of amides is 2. The van der Waals surface area contributed by atoms with Crippen molar-refractivity contribution in [1.82, 2.24) is 4.31 Å². The minimum absolute atomic E-state index is 0.0212. The average molecular weight is 626 g/mol. The smallest absolute Gasteiger partial charge is 0.300 e. The van der Waals surface area contributed by atoms with Crippen molar-refractivity contribution < 1.29 is 36.1 Å². The van der Waals surface area contributed by atoms with Gasteiger partial charge in [-0.2, -0.15) is 13.2 Å². The molecular weight excluding hydrogens is 599 g/mol. The van der Waals surface area contributed by atoms with Crippen LogP contribution in [0.15, 0.2) is 108 Å². The summed E-state index contributed by atoms with van der Waals surface area (Å²) in [7, 11) is -3.26. The van der Waals surface area contributed by atoms with Crippen LogP contribution in [0.25, 0.3) is 0 Å². The van der Waals surface area contributed by atoms with Gasteiger partial charge in [0.15, 0.2) is 0 Å². The molecule has 0 unspecified atom stereocenters. The lowest BCUT2D eigenvalue weighted by atomic mass is 9.98. The summed E-state index contributed by atoms with van der Waals surface area (Å²) in [5, 5.41) is 11.3. The van der Waals surface area contributed by atoms with Gasteiger partial charge in [0, 0.05) is 30.4 Å². The van der Waals surface area contributed by atoms with Crippen LogP contribution in [0.3, 0.4) is 0 Å². The van der Waals surface area contributed by atoms with Gasteiger partial charge in [0.25, 0.3) is 21.6 Å². The summed E-state index contributed by atoms with van der Waals surface area (Å²) in [6.45, 7) is 1.76. The summed E-state index contributed by atoms with van der Waals surface area (Å²) < 4.78 is 67.2. The first-order valence-corrected chi connectivity index (χ1v) is 14.5. The minimum atomic E-state index is -4.66. The molecule has 0 aliphatic carbocycles. The molecule has 0 heterocycles. The van der Waals surface area contributed by atoms with Gasteiger partial charge in [-0.1, -0.05) is 48.0 Å². The quantitative estimate of drug-likeness (QED) is 0.154. The molecule has 228 valence electrons. The molecule has 0 spiro atoms. The number of benzene rings is 4. The molecule has 1 atom stereocenters. The number of rotatable bonds is 9. The first-order chi connectivity index (χ1) is 20.7. The van der Waals surface area contributed by atoms with E-state index in [-0.39, 0.29) is 27.4 Å². The Morgan fingerprint density at radius 2 is 1.43 bits per heavy atom. The lowest BCUT2D eigenvalue weighted by Gasteiger charge is -2.33. The van der Waals surface area contributed by atoms with Gasteiger partial charge in [0.05, 0.1) is 27.8 Å². The van der Waals surface area contributed by atoms with E-state index >= 15 is 0 Å². The molecule has 0 saturated heterocycles. The van der Waals surface area contributed by atoms with Crippen LogP contribution >= 0.6 is 0 Å². The Labute approximate surface area is 251 Å². The van der Waals surface area contributed by atoms with Gasteiger partial charge >= 0.3 is 6.18 Å². The van der Waals surface area contributed by atoms with Crippen molar-refractivity contribution >= 4 is 33.2 Å². The molecule has 0 aromatic heterocycles. The van der Waals surface area contributed by atoms with Gasteiger partial charge < -0.3 is 4.90 Å². The molecule has 0 fully saturated rings. The number of aryl methyl sites for hydroxylation is 1. The molecule has 0 bridgehead atoms. The number of sulfonamides is 1. The lowest BCUT2D eigenvalue weighted by molar-refractivity contribution is -0.384. The number of hydrogen-bond acceptors (Lipinski definition) is 6. The van der Waals surface area contributed by atoms with Crippen molar-refractivity contribution in [3.8, 4) is 0 Å². The Bertz CT molecular complexity index is 1760. The van der Waals surface area contributed by atoms with E-state index in [9.17, 15) is 41.3 Å². The van der Waals surface area contributed by atoms with E-state index < -0.39 is 51.0 Å². The predicted molar refractivity (Wildman–Crippen MR) is 156 cm³/mol. The molecule has 0 aliphatic heterocycles. The molecule has 4 aromatic carbocycles. The molecule has 9 nitrogen and oxygen atoms in total. The summed E-state index contributed by atoms with van der Waals surface area (Å²) in [6, 6.07) is 20.9. The highest BCUT2D eigenvalue weighted by molar-refractivity contribution is 7.89. The largest absolute Gasteiger partial charge is 0.416 e. The maximum Gasteiger partial charge on any atom is 0.416 e. The molecule has 0 aliphatic rings. The van der Waals surface area contributed by atoms with E-state index in [1.54, 1.807) is 37.3 Å². The van der Waals surface area contributed by atoms with E-state index in [4.69, 9.17) is 0 Å². The molecule has 44 heavy (non-hydrogen) atoms. The van der Waals surface area contributed by atoms with Crippen LogP contribution in [0.5, 0.6) is 0 Å². The van der Waals surface area contributed by atoms with Crippen molar-refractivity contribution in [2.24, 2.45) is 0 Å². The molecular formula is C31H26F3N3O6S. The van der Waals surface area contributed by atoms with Crippen LogP contribution < -0.4 is 4.90 Å². The molecule has 4 aromatic rings. The second kappa shape index (κ2) is 12.7. The molecule has 0 N–H and O–H groups in total. The number of carbonyl (C=O) groups excluding carboxylic acids is 2. The second-order valence-corrected chi connectivity index (χ2v) is 11.8. The van der Waals surface area contributed by atoms with E-state index in [1.165, 1.54) is 36.4 Å². The van der Waals surface area contributed by atoms with Crippen LogP contribution in [0, 0.1) is 17.0 Å². The Morgan fingerprint density at radius 3 is 1.95 bits per heavy atom. The summed E-state index contributed by atoms with van der Waals surface area (Å²) in [5.41, 5.74) is -0.148. The van der Waals surface area contributed by atoms with Gasteiger partial charge in [0.2, 0.25) is 5.91 Å². The topological polar surface area (TPSA) is 118 Å². The van der Waals surface area contributed by atoms with Gasteiger partial charge in [-0.15, -0.1) is 0 Å². The number of nitro benzene ring substituents is 1. The normalized spacial score (nSPS) is 12.3. The fourth-order valence-electron chi connectivity index (χ4n) is 4.44.